The first-order valence-electron chi connectivity index (χ1n) is 9.87. The van der Waals surface area contributed by atoms with Gasteiger partial charge in [-0.2, -0.15) is 4.31 Å². The maximum atomic E-state index is 12.8. The number of morpholine rings is 1. The highest BCUT2D eigenvalue weighted by Crippen LogP contribution is 2.31. The number of ether oxygens (including phenoxy) is 1. The molecule has 1 fully saturated rings. The molecule has 0 saturated carbocycles. The van der Waals surface area contributed by atoms with E-state index in [0.29, 0.717) is 48.6 Å². The summed E-state index contributed by atoms with van der Waals surface area (Å²) in [4.78, 5) is 5.72. The second-order valence-corrected chi connectivity index (χ2v) is 10.7. The SMILES string of the molecule is C=CCn1c(-c2ccc(Cl)cc2Cl)csc1=Nc1ccc(S(=O)(=O)N2CCOCC2)cc1. The average Bonchev–Trinajstić information content (AvgIpc) is 3.17. The van der Waals surface area contributed by atoms with Gasteiger partial charge in [0.25, 0.3) is 0 Å². The van der Waals surface area contributed by atoms with E-state index in [4.69, 9.17) is 32.9 Å². The lowest BCUT2D eigenvalue weighted by atomic mass is 10.1. The summed E-state index contributed by atoms with van der Waals surface area (Å²) in [5.74, 6) is 0. The van der Waals surface area contributed by atoms with E-state index in [1.54, 1.807) is 42.5 Å². The van der Waals surface area contributed by atoms with Gasteiger partial charge in [-0.1, -0.05) is 29.3 Å². The Hall–Kier alpha value is -1.94. The summed E-state index contributed by atoms with van der Waals surface area (Å²) in [7, 11) is -3.54. The summed E-state index contributed by atoms with van der Waals surface area (Å²) in [6, 6.07) is 12.0. The monoisotopic (exact) mass is 509 g/mol. The molecule has 1 aliphatic heterocycles. The molecule has 10 heteroatoms. The van der Waals surface area contributed by atoms with Crippen molar-refractivity contribution in [1.29, 1.82) is 0 Å². The van der Waals surface area contributed by atoms with Gasteiger partial charge >= 0.3 is 0 Å². The van der Waals surface area contributed by atoms with Gasteiger partial charge in [-0.05, 0) is 42.5 Å². The Morgan fingerprint density at radius 2 is 1.84 bits per heavy atom. The van der Waals surface area contributed by atoms with E-state index >= 15 is 0 Å². The summed E-state index contributed by atoms with van der Waals surface area (Å²) >= 11 is 13.9. The molecular formula is C22H21Cl2N3O3S2. The van der Waals surface area contributed by atoms with Gasteiger partial charge in [0, 0.05) is 35.6 Å². The highest BCUT2D eigenvalue weighted by Gasteiger charge is 2.26. The van der Waals surface area contributed by atoms with Gasteiger partial charge in [-0.15, -0.1) is 17.9 Å². The summed E-state index contributed by atoms with van der Waals surface area (Å²) in [6.07, 6.45) is 1.79. The van der Waals surface area contributed by atoms with E-state index in [-0.39, 0.29) is 4.90 Å². The molecule has 32 heavy (non-hydrogen) atoms. The Bertz CT molecular complexity index is 1290. The Morgan fingerprint density at radius 1 is 1.12 bits per heavy atom. The van der Waals surface area contributed by atoms with Gasteiger partial charge in [-0.25, -0.2) is 13.4 Å². The zero-order chi connectivity index (χ0) is 22.7. The van der Waals surface area contributed by atoms with Gasteiger partial charge in [0.2, 0.25) is 10.0 Å². The molecule has 0 unspecified atom stereocenters. The second kappa shape index (κ2) is 9.91. The summed E-state index contributed by atoms with van der Waals surface area (Å²) in [5, 5.41) is 3.10. The fourth-order valence-electron chi connectivity index (χ4n) is 3.38. The van der Waals surface area contributed by atoms with Gasteiger partial charge in [0.05, 0.1) is 34.5 Å². The van der Waals surface area contributed by atoms with Crippen molar-refractivity contribution >= 4 is 50.2 Å². The van der Waals surface area contributed by atoms with E-state index in [9.17, 15) is 8.42 Å². The number of halogens is 2. The van der Waals surface area contributed by atoms with Crippen molar-refractivity contribution in [2.24, 2.45) is 4.99 Å². The number of sulfonamides is 1. The van der Waals surface area contributed by atoms with Crippen LogP contribution in [-0.4, -0.2) is 43.6 Å². The summed E-state index contributed by atoms with van der Waals surface area (Å²) in [6.45, 7) is 5.93. The molecule has 0 bridgehead atoms. The Labute approximate surface area is 201 Å². The molecule has 0 N–H and O–H groups in total. The molecule has 168 valence electrons. The van der Waals surface area contributed by atoms with Crippen LogP contribution in [0.25, 0.3) is 11.3 Å². The predicted molar refractivity (Wildman–Crippen MR) is 129 cm³/mol. The number of rotatable bonds is 6. The standard InChI is InChI=1S/C22H21Cl2N3O3S2/c1-2-9-27-21(19-8-3-16(23)14-20(19)24)15-31-22(27)25-17-4-6-18(7-5-17)32(28,29)26-10-12-30-13-11-26/h2-8,14-15H,1,9-13H2. The van der Waals surface area contributed by atoms with Gasteiger partial charge < -0.3 is 9.30 Å². The lowest BCUT2D eigenvalue weighted by molar-refractivity contribution is 0.0730. The maximum absolute atomic E-state index is 12.8. The minimum absolute atomic E-state index is 0.247. The second-order valence-electron chi connectivity index (χ2n) is 7.05. The fraction of sp³-hybridized carbons (Fsp3) is 0.227. The molecule has 1 aliphatic rings. The third-order valence-electron chi connectivity index (χ3n) is 4.99. The molecule has 0 radical (unpaired) electrons. The zero-order valence-corrected chi connectivity index (χ0v) is 20.2. The van der Waals surface area contributed by atoms with Crippen LogP contribution in [0.3, 0.4) is 0 Å². The van der Waals surface area contributed by atoms with Crippen molar-refractivity contribution in [3.8, 4) is 11.3 Å². The minimum Gasteiger partial charge on any atom is -0.379 e. The average molecular weight is 510 g/mol. The van der Waals surface area contributed by atoms with Crippen molar-refractivity contribution < 1.29 is 13.2 Å². The molecule has 0 aliphatic carbocycles. The van der Waals surface area contributed by atoms with Gasteiger partial charge in [-0.3, -0.25) is 0 Å². The predicted octanol–water partition coefficient (Wildman–Crippen LogP) is 4.96. The van der Waals surface area contributed by atoms with Crippen LogP contribution in [-0.2, 0) is 21.3 Å². The molecule has 6 nitrogen and oxygen atoms in total. The molecule has 4 rings (SSSR count). The topological polar surface area (TPSA) is 63.9 Å². The van der Waals surface area contributed by atoms with Crippen LogP contribution >= 0.6 is 34.5 Å². The largest absolute Gasteiger partial charge is 0.379 e. The van der Waals surface area contributed by atoms with E-state index in [2.05, 4.69) is 6.58 Å². The number of nitrogens with zero attached hydrogens (tertiary/aromatic N) is 3. The van der Waals surface area contributed by atoms with Crippen LogP contribution in [0.1, 0.15) is 0 Å². The third-order valence-corrected chi connectivity index (χ3v) is 8.31. The van der Waals surface area contributed by atoms with Gasteiger partial charge in [0.1, 0.15) is 0 Å². The molecule has 0 spiro atoms. The molecule has 0 atom stereocenters. The third kappa shape index (κ3) is 4.85. The van der Waals surface area contributed by atoms with Crippen LogP contribution in [0.2, 0.25) is 10.0 Å². The number of hydrogen-bond donors (Lipinski definition) is 0. The Morgan fingerprint density at radius 3 is 2.50 bits per heavy atom. The van der Waals surface area contributed by atoms with Crippen LogP contribution in [0, 0.1) is 0 Å². The van der Waals surface area contributed by atoms with Crippen molar-refractivity contribution in [2.45, 2.75) is 11.4 Å². The summed E-state index contributed by atoms with van der Waals surface area (Å²) < 4.78 is 34.3. The minimum atomic E-state index is -3.54. The quantitative estimate of drug-likeness (QED) is 0.441. The first-order valence-corrected chi connectivity index (χ1v) is 12.9. The van der Waals surface area contributed by atoms with E-state index in [1.807, 2.05) is 16.0 Å². The normalized spacial score (nSPS) is 15.8. The number of allylic oxidation sites excluding steroid dienone is 1. The van der Waals surface area contributed by atoms with Gasteiger partial charge in [0.15, 0.2) is 4.80 Å². The van der Waals surface area contributed by atoms with E-state index < -0.39 is 10.0 Å². The highest BCUT2D eigenvalue weighted by molar-refractivity contribution is 7.89. The van der Waals surface area contributed by atoms with Crippen molar-refractivity contribution in [1.82, 2.24) is 8.87 Å². The van der Waals surface area contributed by atoms with Crippen LogP contribution in [0.4, 0.5) is 5.69 Å². The summed E-state index contributed by atoms with van der Waals surface area (Å²) in [5.41, 5.74) is 2.41. The van der Waals surface area contributed by atoms with Crippen LogP contribution < -0.4 is 4.80 Å². The molecular weight excluding hydrogens is 489 g/mol. The van der Waals surface area contributed by atoms with Crippen molar-refractivity contribution in [2.75, 3.05) is 26.3 Å². The highest BCUT2D eigenvalue weighted by atomic mass is 35.5. The molecule has 2 aromatic carbocycles. The smallest absolute Gasteiger partial charge is 0.243 e. The Balaban J connectivity index is 1.68. The first-order chi connectivity index (χ1) is 15.4. The lowest BCUT2D eigenvalue weighted by Crippen LogP contribution is -2.40. The van der Waals surface area contributed by atoms with Crippen LogP contribution in [0.5, 0.6) is 0 Å². The van der Waals surface area contributed by atoms with Crippen molar-refractivity contribution in [3.63, 3.8) is 0 Å². The molecule has 1 aromatic heterocycles. The number of thiazole rings is 1. The van der Waals surface area contributed by atoms with Crippen LogP contribution in [0.15, 0.2) is 70.4 Å². The fourth-order valence-corrected chi connectivity index (χ4v) is 6.22. The number of aromatic nitrogens is 1. The van der Waals surface area contributed by atoms with E-state index in [1.165, 1.54) is 15.6 Å². The van der Waals surface area contributed by atoms with E-state index in [0.717, 1.165) is 16.1 Å². The molecule has 2 heterocycles. The molecule has 1 saturated heterocycles. The number of benzene rings is 2. The van der Waals surface area contributed by atoms with Crippen molar-refractivity contribution in [3.05, 3.63) is 75.3 Å². The molecule has 3 aromatic rings. The zero-order valence-electron chi connectivity index (χ0n) is 17.1. The first kappa shape index (κ1) is 23.2. The maximum Gasteiger partial charge on any atom is 0.243 e. The number of hydrogen-bond acceptors (Lipinski definition) is 5. The Kier molecular flexibility index (Phi) is 7.19. The molecule has 0 amide bonds. The lowest BCUT2D eigenvalue weighted by Gasteiger charge is -2.26.